The van der Waals surface area contributed by atoms with Gasteiger partial charge in [-0.25, -0.2) is 4.39 Å². The van der Waals surface area contributed by atoms with Crippen LogP contribution in [0.5, 0.6) is 0 Å². The predicted octanol–water partition coefficient (Wildman–Crippen LogP) is 6.31. The van der Waals surface area contributed by atoms with Crippen molar-refractivity contribution in [2.75, 3.05) is 7.05 Å². The lowest BCUT2D eigenvalue weighted by Crippen LogP contribution is -2.17. The standard InChI is InChI=1S/C21H21F4N5.C3H8/c1-5-17-15(20(29-28-17)14-10-27-30(4)11-14)8-12(2)18-16(22)7-6-13(9-26-3)19(18)21(23,24)25;1-3-2/h5-8,10-11,26H,1,9H2,2-4H3,(H,28,29);3H2,1-2H3/b12-8+;. The second kappa shape index (κ2) is 11.1. The Bertz CT molecular complexity index is 1120. The Hall–Kier alpha value is -3.20. The normalized spacial score (nSPS) is 11.8. The second-order valence-corrected chi connectivity index (χ2v) is 7.53. The van der Waals surface area contributed by atoms with Crippen molar-refractivity contribution in [2.24, 2.45) is 7.05 Å². The smallest absolute Gasteiger partial charge is 0.316 e. The Labute approximate surface area is 191 Å². The summed E-state index contributed by atoms with van der Waals surface area (Å²) in [4.78, 5) is 0. The van der Waals surface area contributed by atoms with Crippen molar-refractivity contribution in [2.45, 2.75) is 39.9 Å². The van der Waals surface area contributed by atoms with Gasteiger partial charge in [-0.05, 0) is 43.3 Å². The van der Waals surface area contributed by atoms with Gasteiger partial charge in [0.15, 0.2) is 0 Å². The van der Waals surface area contributed by atoms with E-state index in [-0.39, 0.29) is 17.7 Å². The molecule has 2 N–H and O–H groups in total. The Balaban J connectivity index is 0.00000122. The molecule has 3 aromatic rings. The van der Waals surface area contributed by atoms with Gasteiger partial charge in [0.25, 0.3) is 0 Å². The van der Waals surface area contributed by atoms with Crippen LogP contribution in [0.2, 0.25) is 0 Å². The van der Waals surface area contributed by atoms with Gasteiger partial charge in [0.2, 0.25) is 0 Å². The van der Waals surface area contributed by atoms with Crippen LogP contribution in [0.15, 0.2) is 31.1 Å². The first kappa shape index (κ1) is 26.1. The summed E-state index contributed by atoms with van der Waals surface area (Å²) in [5.74, 6) is -0.942. The number of halogens is 4. The van der Waals surface area contributed by atoms with E-state index in [0.717, 1.165) is 12.1 Å². The zero-order valence-electron chi connectivity index (χ0n) is 19.4. The first-order valence-corrected chi connectivity index (χ1v) is 10.5. The fourth-order valence-corrected chi connectivity index (χ4v) is 3.39. The summed E-state index contributed by atoms with van der Waals surface area (Å²) < 4.78 is 57.9. The Kier molecular flexibility index (Phi) is 8.76. The minimum absolute atomic E-state index is 0.0298. The van der Waals surface area contributed by atoms with Crippen LogP contribution in [0.4, 0.5) is 17.6 Å². The summed E-state index contributed by atoms with van der Waals surface area (Å²) in [6.07, 6.45) is 2.84. The Morgan fingerprint density at radius 2 is 1.94 bits per heavy atom. The molecular weight excluding hydrogens is 434 g/mol. The molecule has 0 aliphatic heterocycles. The van der Waals surface area contributed by atoms with Gasteiger partial charge in [-0.2, -0.15) is 23.4 Å². The molecule has 0 saturated carbocycles. The average molecular weight is 464 g/mol. The molecular formula is C24H29F4N5. The molecule has 0 unspecified atom stereocenters. The van der Waals surface area contributed by atoms with Gasteiger partial charge in [-0.15, -0.1) is 0 Å². The van der Waals surface area contributed by atoms with Gasteiger partial charge < -0.3 is 5.32 Å². The molecule has 0 fully saturated rings. The maximum absolute atomic E-state index is 14.7. The fraction of sp³-hybridized carbons (Fsp3) is 0.333. The highest BCUT2D eigenvalue weighted by Gasteiger charge is 2.37. The zero-order chi connectivity index (χ0) is 24.8. The topological polar surface area (TPSA) is 58.5 Å². The van der Waals surface area contributed by atoms with E-state index in [9.17, 15) is 17.6 Å². The van der Waals surface area contributed by atoms with E-state index in [1.54, 1.807) is 24.1 Å². The van der Waals surface area contributed by atoms with E-state index in [1.165, 1.54) is 32.5 Å². The third-order valence-corrected chi connectivity index (χ3v) is 4.66. The molecule has 1 aromatic carbocycles. The number of alkyl halides is 3. The summed E-state index contributed by atoms with van der Waals surface area (Å²) in [5.41, 5.74) is 0.778. The molecule has 0 spiro atoms. The number of allylic oxidation sites excluding steroid dienone is 1. The molecule has 0 aliphatic rings. The number of rotatable bonds is 6. The molecule has 5 nitrogen and oxygen atoms in total. The number of hydrogen-bond donors (Lipinski definition) is 2. The lowest BCUT2D eigenvalue weighted by Gasteiger charge is -2.19. The molecule has 0 aliphatic carbocycles. The number of hydrogen-bond acceptors (Lipinski definition) is 3. The van der Waals surface area contributed by atoms with Crippen LogP contribution < -0.4 is 5.32 Å². The third-order valence-electron chi connectivity index (χ3n) is 4.66. The zero-order valence-corrected chi connectivity index (χ0v) is 19.4. The molecule has 2 aromatic heterocycles. The van der Waals surface area contributed by atoms with Gasteiger partial charge in [0.1, 0.15) is 11.5 Å². The maximum Gasteiger partial charge on any atom is 0.417 e. The predicted molar refractivity (Wildman–Crippen MR) is 125 cm³/mol. The molecule has 0 radical (unpaired) electrons. The van der Waals surface area contributed by atoms with Gasteiger partial charge in [0, 0.05) is 36.5 Å². The first-order chi connectivity index (χ1) is 15.6. The molecule has 178 valence electrons. The highest BCUT2D eigenvalue weighted by Crippen LogP contribution is 2.40. The summed E-state index contributed by atoms with van der Waals surface area (Å²) in [6, 6.07) is 2.21. The molecule has 0 bridgehead atoms. The lowest BCUT2D eigenvalue weighted by atomic mass is 9.93. The minimum atomic E-state index is -4.72. The van der Waals surface area contributed by atoms with E-state index < -0.39 is 23.1 Å². The van der Waals surface area contributed by atoms with Crippen LogP contribution in [-0.4, -0.2) is 27.0 Å². The van der Waals surface area contributed by atoms with Gasteiger partial charge in [-0.1, -0.05) is 32.9 Å². The third kappa shape index (κ3) is 5.98. The van der Waals surface area contributed by atoms with Crippen LogP contribution in [0.25, 0.3) is 29.0 Å². The molecule has 0 saturated heterocycles. The summed E-state index contributed by atoms with van der Waals surface area (Å²) in [6.45, 7) is 9.37. The highest BCUT2D eigenvalue weighted by atomic mass is 19.4. The molecule has 2 heterocycles. The van der Waals surface area contributed by atoms with E-state index >= 15 is 0 Å². The fourth-order valence-electron chi connectivity index (χ4n) is 3.39. The van der Waals surface area contributed by atoms with Crippen LogP contribution in [0.3, 0.4) is 0 Å². The van der Waals surface area contributed by atoms with Gasteiger partial charge in [-0.3, -0.25) is 9.78 Å². The Morgan fingerprint density at radius 3 is 2.45 bits per heavy atom. The molecule has 0 amide bonds. The quantitative estimate of drug-likeness (QED) is 0.422. The van der Waals surface area contributed by atoms with Crippen molar-refractivity contribution in [1.29, 1.82) is 0 Å². The van der Waals surface area contributed by atoms with Crippen LogP contribution in [0.1, 0.15) is 55.1 Å². The largest absolute Gasteiger partial charge is 0.417 e. The molecule has 9 heteroatoms. The highest BCUT2D eigenvalue weighted by molar-refractivity contribution is 5.89. The van der Waals surface area contributed by atoms with Crippen molar-refractivity contribution in [3.05, 3.63) is 64.9 Å². The van der Waals surface area contributed by atoms with E-state index in [2.05, 4.69) is 41.0 Å². The van der Waals surface area contributed by atoms with E-state index in [1.807, 2.05) is 0 Å². The van der Waals surface area contributed by atoms with Crippen molar-refractivity contribution < 1.29 is 17.6 Å². The van der Waals surface area contributed by atoms with Crippen molar-refractivity contribution >= 4 is 17.7 Å². The first-order valence-electron chi connectivity index (χ1n) is 10.5. The van der Waals surface area contributed by atoms with Crippen molar-refractivity contribution in [1.82, 2.24) is 25.3 Å². The average Bonchev–Trinajstić information content (AvgIpc) is 3.34. The molecule has 33 heavy (non-hydrogen) atoms. The number of H-pyrrole nitrogens is 1. The number of aryl methyl sites for hydroxylation is 1. The molecule has 3 rings (SSSR count). The minimum Gasteiger partial charge on any atom is -0.316 e. The number of nitrogens with one attached hydrogen (secondary N) is 2. The number of aromatic amines is 1. The van der Waals surface area contributed by atoms with Crippen molar-refractivity contribution in [3.8, 4) is 11.3 Å². The van der Waals surface area contributed by atoms with E-state index in [0.29, 0.717) is 22.5 Å². The summed E-state index contributed by atoms with van der Waals surface area (Å²) in [5, 5.41) is 13.8. The summed E-state index contributed by atoms with van der Waals surface area (Å²) in [7, 11) is 3.28. The monoisotopic (exact) mass is 463 g/mol. The van der Waals surface area contributed by atoms with Gasteiger partial charge >= 0.3 is 6.18 Å². The van der Waals surface area contributed by atoms with Crippen LogP contribution in [-0.2, 0) is 19.8 Å². The number of nitrogens with zero attached hydrogens (tertiary/aromatic N) is 3. The SMILES string of the molecule is C=Cc1[nH]nc(-c2cnn(C)c2)c1/C=C(\C)c1c(F)ccc(CNC)c1C(F)(F)F.CCC. The Morgan fingerprint density at radius 1 is 1.27 bits per heavy atom. The van der Waals surface area contributed by atoms with Crippen molar-refractivity contribution in [3.63, 3.8) is 0 Å². The summed E-state index contributed by atoms with van der Waals surface area (Å²) >= 11 is 0. The maximum atomic E-state index is 14.7. The van der Waals surface area contributed by atoms with E-state index in [4.69, 9.17) is 0 Å². The number of aromatic nitrogens is 4. The lowest BCUT2D eigenvalue weighted by molar-refractivity contribution is -0.138. The van der Waals surface area contributed by atoms with Gasteiger partial charge in [0.05, 0.1) is 17.5 Å². The van der Waals surface area contributed by atoms with Crippen LogP contribution in [0, 0.1) is 5.82 Å². The van der Waals surface area contributed by atoms with Crippen LogP contribution >= 0.6 is 0 Å². The molecule has 0 atom stereocenters. The number of benzene rings is 1. The second-order valence-electron chi connectivity index (χ2n) is 7.53.